The van der Waals surface area contributed by atoms with Gasteiger partial charge in [0.25, 0.3) is 0 Å². The lowest BCUT2D eigenvalue weighted by molar-refractivity contribution is -0.274. The first-order valence-electron chi connectivity index (χ1n) is 10.9. The molecule has 1 heterocycles. The molecule has 2 N–H and O–H groups in total. The van der Waals surface area contributed by atoms with Crippen molar-refractivity contribution in [1.82, 2.24) is 4.90 Å². The fourth-order valence-electron chi connectivity index (χ4n) is 4.10. The third kappa shape index (κ3) is 6.35. The summed E-state index contributed by atoms with van der Waals surface area (Å²) in [7, 11) is 0. The van der Waals surface area contributed by atoms with Gasteiger partial charge in [-0.15, -0.1) is 13.2 Å². The van der Waals surface area contributed by atoms with Gasteiger partial charge in [-0.1, -0.05) is 60.7 Å². The standard InChI is InChI=1S/C26H26F3N3O/c27-26(28,29)33-22-10-6-7-19(17-22)18-32-15-13-21(14-16-32)31-25(20-8-2-1-3-9-20)23-11-4-5-12-24(23)30/h1-12,17,25H,13-16,18,30H2. The zero-order valence-electron chi connectivity index (χ0n) is 18.1. The minimum absolute atomic E-state index is 0.162. The molecule has 0 aromatic heterocycles. The van der Waals surface area contributed by atoms with Crippen molar-refractivity contribution in [3.63, 3.8) is 0 Å². The van der Waals surface area contributed by atoms with Crippen LogP contribution in [0.2, 0.25) is 0 Å². The van der Waals surface area contributed by atoms with E-state index >= 15 is 0 Å². The van der Waals surface area contributed by atoms with E-state index in [4.69, 9.17) is 10.7 Å². The molecular formula is C26H26F3N3O. The molecule has 4 rings (SSSR count). The number of likely N-dealkylation sites (tertiary alicyclic amines) is 1. The first kappa shape index (κ1) is 22.9. The van der Waals surface area contributed by atoms with Crippen molar-refractivity contribution < 1.29 is 17.9 Å². The van der Waals surface area contributed by atoms with Gasteiger partial charge in [0.1, 0.15) is 11.8 Å². The molecule has 1 unspecified atom stereocenters. The number of aliphatic imine (C=N–C) groups is 1. The third-order valence-corrected chi connectivity index (χ3v) is 5.69. The Morgan fingerprint density at radius 2 is 1.61 bits per heavy atom. The van der Waals surface area contributed by atoms with E-state index in [-0.39, 0.29) is 11.8 Å². The summed E-state index contributed by atoms with van der Waals surface area (Å²) in [4.78, 5) is 7.32. The summed E-state index contributed by atoms with van der Waals surface area (Å²) >= 11 is 0. The van der Waals surface area contributed by atoms with Gasteiger partial charge in [0.15, 0.2) is 0 Å². The molecule has 33 heavy (non-hydrogen) atoms. The Morgan fingerprint density at radius 3 is 2.30 bits per heavy atom. The second-order valence-corrected chi connectivity index (χ2v) is 8.11. The summed E-state index contributed by atoms with van der Waals surface area (Å²) < 4.78 is 41.5. The SMILES string of the molecule is Nc1ccccc1C(N=C1CCN(Cc2cccc(OC(F)(F)F)c2)CC1)c1ccccc1. The molecule has 1 atom stereocenters. The highest BCUT2D eigenvalue weighted by Crippen LogP contribution is 2.31. The number of alkyl halides is 3. The maximum atomic E-state index is 12.5. The van der Waals surface area contributed by atoms with Crippen LogP contribution in [0.1, 0.15) is 35.6 Å². The van der Waals surface area contributed by atoms with E-state index in [1.165, 1.54) is 12.1 Å². The minimum atomic E-state index is -4.69. The van der Waals surface area contributed by atoms with Gasteiger partial charge in [0.2, 0.25) is 0 Å². The van der Waals surface area contributed by atoms with E-state index in [0.717, 1.165) is 48.3 Å². The van der Waals surface area contributed by atoms with Crippen molar-refractivity contribution in [2.24, 2.45) is 4.99 Å². The second kappa shape index (κ2) is 10.1. The fraction of sp³-hybridized carbons (Fsp3) is 0.269. The Kier molecular flexibility index (Phi) is 6.99. The number of rotatable bonds is 6. The lowest BCUT2D eigenvalue weighted by atomic mass is 9.97. The molecular weight excluding hydrogens is 427 g/mol. The molecule has 0 radical (unpaired) electrons. The smallest absolute Gasteiger partial charge is 0.406 e. The quantitative estimate of drug-likeness (QED) is 0.466. The summed E-state index contributed by atoms with van der Waals surface area (Å²) in [6, 6.07) is 23.9. The molecule has 3 aromatic carbocycles. The van der Waals surface area contributed by atoms with E-state index in [9.17, 15) is 13.2 Å². The number of piperidine rings is 1. The Hall–Kier alpha value is -3.32. The van der Waals surface area contributed by atoms with Crippen LogP contribution in [0.25, 0.3) is 0 Å². The molecule has 3 aromatic rings. The number of benzene rings is 3. The van der Waals surface area contributed by atoms with Crippen molar-refractivity contribution in [2.75, 3.05) is 18.8 Å². The van der Waals surface area contributed by atoms with Gasteiger partial charge in [-0.05, 0) is 42.2 Å². The Bertz CT molecular complexity index is 1090. The van der Waals surface area contributed by atoms with Crippen LogP contribution in [-0.2, 0) is 6.54 Å². The number of nitrogens with zero attached hydrogens (tertiary/aromatic N) is 2. The molecule has 0 saturated carbocycles. The second-order valence-electron chi connectivity index (χ2n) is 8.11. The van der Waals surface area contributed by atoms with Crippen molar-refractivity contribution in [1.29, 1.82) is 0 Å². The molecule has 0 amide bonds. The van der Waals surface area contributed by atoms with E-state index < -0.39 is 6.36 Å². The highest BCUT2D eigenvalue weighted by atomic mass is 19.4. The van der Waals surface area contributed by atoms with Crippen LogP contribution >= 0.6 is 0 Å². The maximum Gasteiger partial charge on any atom is 0.573 e. The molecule has 1 fully saturated rings. The van der Waals surface area contributed by atoms with Crippen LogP contribution in [0.4, 0.5) is 18.9 Å². The van der Waals surface area contributed by atoms with E-state index in [2.05, 4.69) is 21.8 Å². The molecule has 0 bridgehead atoms. The summed E-state index contributed by atoms with van der Waals surface area (Å²) in [6.45, 7) is 2.14. The highest BCUT2D eigenvalue weighted by molar-refractivity contribution is 5.86. The summed E-state index contributed by atoms with van der Waals surface area (Å²) in [6.07, 6.45) is -3.09. The molecule has 0 aliphatic carbocycles. The van der Waals surface area contributed by atoms with Gasteiger partial charge in [-0.3, -0.25) is 9.89 Å². The Balaban J connectivity index is 1.44. The van der Waals surface area contributed by atoms with E-state index in [1.807, 2.05) is 48.5 Å². The zero-order chi connectivity index (χ0) is 23.3. The number of halogens is 3. The number of para-hydroxylation sites is 1. The van der Waals surface area contributed by atoms with Crippen molar-refractivity contribution in [2.45, 2.75) is 31.8 Å². The van der Waals surface area contributed by atoms with Gasteiger partial charge < -0.3 is 10.5 Å². The molecule has 4 nitrogen and oxygen atoms in total. The van der Waals surface area contributed by atoms with Crippen LogP contribution in [-0.4, -0.2) is 30.1 Å². The summed E-state index contributed by atoms with van der Waals surface area (Å²) in [5.74, 6) is -0.189. The lowest BCUT2D eigenvalue weighted by Gasteiger charge is -2.29. The monoisotopic (exact) mass is 453 g/mol. The molecule has 0 spiro atoms. The third-order valence-electron chi connectivity index (χ3n) is 5.69. The maximum absolute atomic E-state index is 12.5. The molecule has 1 aliphatic rings. The summed E-state index contributed by atoms with van der Waals surface area (Å²) in [5, 5.41) is 0. The Morgan fingerprint density at radius 1 is 0.909 bits per heavy atom. The minimum Gasteiger partial charge on any atom is -0.406 e. The molecule has 172 valence electrons. The zero-order valence-corrected chi connectivity index (χ0v) is 18.1. The van der Waals surface area contributed by atoms with Crippen molar-refractivity contribution in [3.05, 3.63) is 95.6 Å². The van der Waals surface area contributed by atoms with E-state index in [0.29, 0.717) is 12.2 Å². The number of nitrogen functional groups attached to an aromatic ring is 1. The normalized spacial score (nSPS) is 15.8. The highest BCUT2D eigenvalue weighted by Gasteiger charge is 2.31. The first-order valence-corrected chi connectivity index (χ1v) is 10.9. The van der Waals surface area contributed by atoms with Gasteiger partial charge in [-0.2, -0.15) is 0 Å². The number of anilines is 1. The topological polar surface area (TPSA) is 50.8 Å². The van der Waals surface area contributed by atoms with Crippen molar-refractivity contribution in [3.8, 4) is 5.75 Å². The molecule has 7 heteroatoms. The van der Waals surface area contributed by atoms with Crippen LogP contribution in [0.3, 0.4) is 0 Å². The van der Waals surface area contributed by atoms with E-state index in [1.54, 1.807) is 6.07 Å². The molecule has 1 aliphatic heterocycles. The van der Waals surface area contributed by atoms with Gasteiger partial charge in [0.05, 0.1) is 0 Å². The number of ether oxygens (including phenoxy) is 1. The van der Waals surface area contributed by atoms with Gasteiger partial charge >= 0.3 is 6.36 Å². The lowest BCUT2D eigenvalue weighted by Crippen LogP contribution is -2.33. The van der Waals surface area contributed by atoms with Crippen LogP contribution in [0.5, 0.6) is 5.75 Å². The van der Waals surface area contributed by atoms with Crippen LogP contribution < -0.4 is 10.5 Å². The average Bonchev–Trinajstić information content (AvgIpc) is 2.79. The fourth-order valence-corrected chi connectivity index (χ4v) is 4.10. The first-order chi connectivity index (χ1) is 15.9. The predicted octanol–water partition coefficient (Wildman–Crippen LogP) is 5.99. The number of hydrogen-bond acceptors (Lipinski definition) is 4. The Labute approximate surface area is 191 Å². The average molecular weight is 454 g/mol. The number of hydrogen-bond donors (Lipinski definition) is 1. The van der Waals surface area contributed by atoms with Gasteiger partial charge in [0, 0.05) is 36.6 Å². The summed E-state index contributed by atoms with van der Waals surface area (Å²) in [5.41, 5.74) is 11.0. The predicted molar refractivity (Wildman–Crippen MR) is 124 cm³/mol. The number of nitrogens with two attached hydrogens (primary N) is 1. The molecule has 1 saturated heterocycles. The van der Waals surface area contributed by atoms with Gasteiger partial charge in [-0.25, -0.2) is 0 Å². The van der Waals surface area contributed by atoms with Crippen molar-refractivity contribution >= 4 is 11.4 Å². The van der Waals surface area contributed by atoms with Crippen LogP contribution in [0.15, 0.2) is 83.9 Å². The van der Waals surface area contributed by atoms with Crippen LogP contribution in [0, 0.1) is 0 Å². The largest absolute Gasteiger partial charge is 0.573 e.